The highest BCUT2D eigenvalue weighted by Gasteiger charge is 2.44. The van der Waals surface area contributed by atoms with E-state index in [-0.39, 0.29) is 35.7 Å². The molecule has 0 aromatic rings. The minimum absolute atomic E-state index is 0.0667. The maximum absolute atomic E-state index is 12.7. The fourth-order valence-corrected chi connectivity index (χ4v) is 4.76. The Labute approximate surface area is 148 Å². The van der Waals surface area contributed by atoms with E-state index in [2.05, 4.69) is 16.0 Å². The van der Waals surface area contributed by atoms with Gasteiger partial charge in [-0.2, -0.15) is 0 Å². The number of nitrogens with one attached hydrogen (secondary N) is 3. The number of carbonyl (C=O) groups excluding carboxylic acids is 3. The normalized spacial score (nSPS) is 34.3. The second kappa shape index (κ2) is 6.94. The van der Waals surface area contributed by atoms with Crippen molar-refractivity contribution in [2.45, 2.75) is 63.6 Å². The molecular weight excluding hydrogens is 322 g/mol. The first kappa shape index (κ1) is 18.2. The minimum atomic E-state index is -0.788. The van der Waals surface area contributed by atoms with Crippen LogP contribution in [0.3, 0.4) is 0 Å². The van der Waals surface area contributed by atoms with E-state index < -0.39 is 12.0 Å². The summed E-state index contributed by atoms with van der Waals surface area (Å²) in [5.41, 5.74) is -0.281. The van der Waals surface area contributed by atoms with Crippen LogP contribution in [0.25, 0.3) is 0 Å². The van der Waals surface area contributed by atoms with E-state index in [0.29, 0.717) is 18.3 Å². The van der Waals surface area contributed by atoms with Crippen molar-refractivity contribution in [3.05, 3.63) is 0 Å². The standard InChI is InChI=1S/C18H29N3O4/c1-18(2)8-11(15(22)21-18)7-13(17(24)25-3)20-16(23)14-12-6-4-5-10(12)9-19-14/h10-14,19H,4-9H2,1-3H3,(H,20,23)(H,21,22)/t10-,11+,12-,13?,14-/m0/s1. The lowest BCUT2D eigenvalue weighted by atomic mass is 9.90. The molecule has 0 aromatic heterocycles. The monoisotopic (exact) mass is 351 g/mol. The molecule has 1 unspecified atom stereocenters. The van der Waals surface area contributed by atoms with Gasteiger partial charge in [-0.25, -0.2) is 4.79 Å². The second-order valence-electron chi connectivity index (χ2n) is 8.33. The Balaban J connectivity index is 1.64. The molecule has 3 N–H and O–H groups in total. The Bertz CT molecular complexity index is 563. The van der Waals surface area contributed by atoms with Crippen LogP contribution in [0, 0.1) is 17.8 Å². The molecule has 3 aliphatic rings. The molecule has 2 aliphatic heterocycles. The molecule has 1 aliphatic carbocycles. The zero-order chi connectivity index (χ0) is 18.2. The van der Waals surface area contributed by atoms with Gasteiger partial charge in [-0.05, 0) is 57.9 Å². The Hall–Kier alpha value is -1.63. The molecule has 7 heteroatoms. The molecule has 2 heterocycles. The molecule has 1 saturated carbocycles. The third-order valence-corrected chi connectivity index (χ3v) is 5.94. The first-order valence-corrected chi connectivity index (χ1v) is 9.24. The predicted molar refractivity (Wildman–Crippen MR) is 91.5 cm³/mol. The molecule has 140 valence electrons. The molecule has 0 spiro atoms. The predicted octanol–water partition coefficient (Wildman–Crippen LogP) is 0.337. The summed E-state index contributed by atoms with van der Waals surface area (Å²) in [6.07, 6.45) is 4.30. The van der Waals surface area contributed by atoms with Gasteiger partial charge in [0.15, 0.2) is 0 Å². The van der Waals surface area contributed by atoms with E-state index in [1.807, 2.05) is 13.8 Å². The molecule has 3 fully saturated rings. The van der Waals surface area contributed by atoms with Gasteiger partial charge in [-0.1, -0.05) is 6.42 Å². The van der Waals surface area contributed by atoms with Gasteiger partial charge in [0, 0.05) is 11.5 Å². The van der Waals surface area contributed by atoms with E-state index in [9.17, 15) is 14.4 Å². The lowest BCUT2D eigenvalue weighted by molar-refractivity contribution is -0.146. The molecule has 0 bridgehead atoms. The van der Waals surface area contributed by atoms with Crippen molar-refractivity contribution < 1.29 is 19.1 Å². The Morgan fingerprint density at radius 2 is 2.12 bits per heavy atom. The van der Waals surface area contributed by atoms with E-state index in [1.165, 1.54) is 20.0 Å². The second-order valence-corrected chi connectivity index (χ2v) is 8.33. The average molecular weight is 351 g/mol. The van der Waals surface area contributed by atoms with Crippen LogP contribution in [0.4, 0.5) is 0 Å². The summed E-state index contributed by atoms with van der Waals surface area (Å²) in [5.74, 6) is -0.0896. The fraction of sp³-hybridized carbons (Fsp3) is 0.833. The molecule has 0 radical (unpaired) electrons. The van der Waals surface area contributed by atoms with Gasteiger partial charge in [0.05, 0.1) is 13.2 Å². The van der Waals surface area contributed by atoms with Crippen molar-refractivity contribution >= 4 is 17.8 Å². The summed E-state index contributed by atoms with van der Waals surface area (Å²) in [6, 6.07) is -1.03. The van der Waals surface area contributed by atoms with Gasteiger partial charge in [0.2, 0.25) is 11.8 Å². The van der Waals surface area contributed by atoms with Crippen LogP contribution < -0.4 is 16.0 Å². The zero-order valence-electron chi connectivity index (χ0n) is 15.3. The summed E-state index contributed by atoms with van der Waals surface area (Å²) in [5, 5.41) is 9.06. The van der Waals surface area contributed by atoms with Gasteiger partial charge in [0.25, 0.3) is 0 Å². The van der Waals surface area contributed by atoms with Crippen LogP contribution in [0.15, 0.2) is 0 Å². The molecule has 5 atom stereocenters. The van der Waals surface area contributed by atoms with E-state index in [4.69, 9.17) is 4.74 Å². The van der Waals surface area contributed by atoms with E-state index in [0.717, 1.165) is 13.0 Å². The fourth-order valence-electron chi connectivity index (χ4n) is 4.76. The van der Waals surface area contributed by atoms with Gasteiger partial charge >= 0.3 is 5.97 Å². The van der Waals surface area contributed by atoms with E-state index in [1.54, 1.807) is 0 Å². The van der Waals surface area contributed by atoms with Gasteiger partial charge in [-0.15, -0.1) is 0 Å². The van der Waals surface area contributed by atoms with Gasteiger partial charge in [-0.3, -0.25) is 9.59 Å². The van der Waals surface area contributed by atoms with Crippen LogP contribution >= 0.6 is 0 Å². The number of amides is 2. The molecular formula is C18H29N3O4. The smallest absolute Gasteiger partial charge is 0.328 e. The van der Waals surface area contributed by atoms with Crippen LogP contribution in [-0.2, 0) is 19.1 Å². The summed E-state index contributed by atoms with van der Waals surface area (Å²) >= 11 is 0. The van der Waals surface area contributed by atoms with Crippen LogP contribution in [0.1, 0.15) is 46.0 Å². The number of hydrogen-bond acceptors (Lipinski definition) is 5. The SMILES string of the molecule is COC(=O)C(C[C@@H]1CC(C)(C)NC1=O)NC(=O)[C@H]1NC[C@@H]2CCC[C@@H]21. The number of hydrogen-bond donors (Lipinski definition) is 3. The quantitative estimate of drug-likeness (QED) is 0.621. The third kappa shape index (κ3) is 3.81. The number of carbonyl (C=O) groups is 3. The number of esters is 1. The highest BCUT2D eigenvalue weighted by Crippen LogP contribution is 2.37. The lowest BCUT2D eigenvalue weighted by Gasteiger charge is -2.23. The molecule has 3 rings (SSSR count). The highest BCUT2D eigenvalue weighted by atomic mass is 16.5. The van der Waals surface area contributed by atoms with Crippen molar-refractivity contribution in [3.63, 3.8) is 0 Å². The minimum Gasteiger partial charge on any atom is -0.467 e. The number of fused-ring (bicyclic) bond motifs is 1. The van der Waals surface area contributed by atoms with Crippen molar-refractivity contribution in [2.24, 2.45) is 17.8 Å². The van der Waals surface area contributed by atoms with Crippen LogP contribution in [0.2, 0.25) is 0 Å². The maximum atomic E-state index is 12.7. The largest absolute Gasteiger partial charge is 0.467 e. The van der Waals surface area contributed by atoms with Crippen LogP contribution in [0.5, 0.6) is 0 Å². The van der Waals surface area contributed by atoms with Crippen molar-refractivity contribution in [2.75, 3.05) is 13.7 Å². The van der Waals surface area contributed by atoms with Crippen molar-refractivity contribution in [1.82, 2.24) is 16.0 Å². The zero-order valence-corrected chi connectivity index (χ0v) is 15.3. The van der Waals surface area contributed by atoms with Crippen molar-refractivity contribution in [3.8, 4) is 0 Å². The number of ether oxygens (including phenoxy) is 1. The summed E-state index contributed by atoms with van der Waals surface area (Å²) < 4.78 is 4.85. The Kier molecular flexibility index (Phi) is 5.04. The van der Waals surface area contributed by atoms with Crippen LogP contribution in [-0.4, -0.2) is 49.1 Å². The van der Waals surface area contributed by atoms with Gasteiger partial charge < -0.3 is 20.7 Å². The van der Waals surface area contributed by atoms with E-state index >= 15 is 0 Å². The third-order valence-electron chi connectivity index (χ3n) is 5.94. The molecule has 7 nitrogen and oxygen atoms in total. The van der Waals surface area contributed by atoms with Gasteiger partial charge in [0.1, 0.15) is 6.04 Å². The number of rotatable bonds is 5. The average Bonchev–Trinajstić information content (AvgIpc) is 3.20. The molecule has 0 aromatic carbocycles. The molecule has 2 saturated heterocycles. The maximum Gasteiger partial charge on any atom is 0.328 e. The Morgan fingerprint density at radius 1 is 1.36 bits per heavy atom. The number of methoxy groups -OCH3 is 1. The summed E-state index contributed by atoms with van der Waals surface area (Å²) in [6.45, 7) is 4.78. The first-order valence-electron chi connectivity index (χ1n) is 9.24. The first-order chi connectivity index (χ1) is 11.8. The molecule has 2 amide bonds. The topological polar surface area (TPSA) is 96.5 Å². The summed E-state index contributed by atoms with van der Waals surface area (Å²) in [7, 11) is 1.31. The Morgan fingerprint density at radius 3 is 2.76 bits per heavy atom. The lowest BCUT2D eigenvalue weighted by Crippen LogP contribution is -2.51. The molecule has 25 heavy (non-hydrogen) atoms. The van der Waals surface area contributed by atoms with Crippen molar-refractivity contribution in [1.29, 1.82) is 0 Å². The highest BCUT2D eigenvalue weighted by molar-refractivity contribution is 5.89. The summed E-state index contributed by atoms with van der Waals surface area (Å²) in [4.78, 5) is 37.0.